The van der Waals surface area contributed by atoms with Gasteiger partial charge in [0.05, 0.1) is 0 Å². The molecule has 3 atom stereocenters. The Hall–Kier alpha value is -2.43. The van der Waals surface area contributed by atoms with Gasteiger partial charge in [-0.1, -0.05) is 13.3 Å². The number of aromatic hydroxyl groups is 1. The number of fused-ring (bicyclic) bond motifs is 1. The largest absolute Gasteiger partial charge is 0.506 e. The highest BCUT2D eigenvalue weighted by molar-refractivity contribution is 5.93. The third kappa shape index (κ3) is 3.09. The van der Waals surface area contributed by atoms with Gasteiger partial charge in [0.15, 0.2) is 0 Å². The summed E-state index contributed by atoms with van der Waals surface area (Å²) < 4.78 is 0. The van der Waals surface area contributed by atoms with Crippen molar-refractivity contribution in [3.63, 3.8) is 0 Å². The first-order chi connectivity index (χ1) is 12.7. The Morgan fingerprint density at radius 2 is 2.11 bits per heavy atom. The molecule has 3 rings (SSSR count). The number of hydrogen-bond donors (Lipinski definition) is 5. The molecule has 2 aromatic heterocycles. The number of aliphatic hydroxyl groups is 3. The molecule has 0 spiro atoms. The highest BCUT2D eigenvalue weighted by atomic mass is 16.5. The number of carbonyl (C=O) groups is 1. The number of hydrogen-bond acceptors (Lipinski definition) is 8. The second-order valence-corrected chi connectivity index (χ2v) is 6.95. The van der Waals surface area contributed by atoms with Crippen molar-refractivity contribution < 1.29 is 25.2 Å². The summed E-state index contributed by atoms with van der Waals surface area (Å²) in [7, 11) is 1.61. The van der Waals surface area contributed by atoms with E-state index in [2.05, 4.69) is 15.0 Å². The van der Waals surface area contributed by atoms with Crippen LogP contribution in [-0.2, 0) is 4.79 Å². The molecule has 3 heterocycles. The molecule has 10 heteroatoms. The maximum absolute atomic E-state index is 12.1. The Bertz CT molecular complexity index is 838. The number of amides is 1. The summed E-state index contributed by atoms with van der Waals surface area (Å²) in [5.41, 5.74) is 0.399. The van der Waals surface area contributed by atoms with Crippen molar-refractivity contribution >= 4 is 22.8 Å². The minimum atomic E-state index is -2.64. The van der Waals surface area contributed by atoms with E-state index in [9.17, 15) is 25.2 Å². The lowest BCUT2D eigenvalue weighted by molar-refractivity contribution is -0.295. The van der Waals surface area contributed by atoms with E-state index in [1.165, 1.54) is 24.3 Å². The van der Waals surface area contributed by atoms with Gasteiger partial charge in [0.1, 0.15) is 41.2 Å². The SMILES string of the molecule is CCC1CCC(O)N(C(C)=O)C(O)(O)C1N(C)c1ncnc2[nH]cc(O)c12. The second kappa shape index (κ2) is 6.95. The van der Waals surface area contributed by atoms with Gasteiger partial charge in [0, 0.05) is 20.2 Å². The van der Waals surface area contributed by atoms with Crippen LogP contribution >= 0.6 is 0 Å². The number of aromatic nitrogens is 3. The lowest BCUT2D eigenvalue weighted by Gasteiger charge is -2.45. The fourth-order valence-corrected chi connectivity index (χ4v) is 4.10. The van der Waals surface area contributed by atoms with Crippen molar-refractivity contribution in [2.24, 2.45) is 5.92 Å². The minimum Gasteiger partial charge on any atom is -0.506 e. The van der Waals surface area contributed by atoms with Crippen LogP contribution in [0.3, 0.4) is 0 Å². The fourth-order valence-electron chi connectivity index (χ4n) is 4.10. The molecule has 1 saturated heterocycles. The first kappa shape index (κ1) is 19.3. The Balaban J connectivity index is 2.14. The average molecular weight is 379 g/mol. The van der Waals surface area contributed by atoms with E-state index in [4.69, 9.17) is 0 Å². The summed E-state index contributed by atoms with van der Waals surface area (Å²) in [5, 5.41) is 42.8. The van der Waals surface area contributed by atoms with Crippen LogP contribution in [0.15, 0.2) is 12.5 Å². The predicted octanol–water partition coefficient (Wildman–Crippen LogP) is 0.0936. The summed E-state index contributed by atoms with van der Waals surface area (Å²) in [4.78, 5) is 25.4. The quantitative estimate of drug-likeness (QED) is 0.472. The first-order valence-electron chi connectivity index (χ1n) is 8.86. The molecule has 0 aliphatic carbocycles. The lowest BCUT2D eigenvalue weighted by Crippen LogP contribution is -2.66. The molecule has 2 aromatic rings. The standard InChI is InChI=1S/C17H25N5O5/c1-4-10-5-6-12(25)22(9(2)23)17(26,27)14(10)21(3)16-13-11(24)7-18-15(13)19-8-20-16/h7-8,10,12,14,24-27H,4-6H2,1-3H3,(H,18,19,20). The smallest absolute Gasteiger partial charge is 0.272 e. The van der Waals surface area contributed by atoms with Gasteiger partial charge in [0.2, 0.25) is 5.91 Å². The fraction of sp³-hybridized carbons (Fsp3) is 0.588. The molecule has 27 heavy (non-hydrogen) atoms. The molecule has 0 bridgehead atoms. The van der Waals surface area contributed by atoms with Crippen molar-refractivity contribution in [2.75, 3.05) is 11.9 Å². The van der Waals surface area contributed by atoms with Crippen LogP contribution in [0.25, 0.3) is 11.0 Å². The molecule has 0 aromatic carbocycles. The van der Waals surface area contributed by atoms with Crippen molar-refractivity contribution in [2.45, 2.75) is 51.3 Å². The van der Waals surface area contributed by atoms with Gasteiger partial charge in [0.25, 0.3) is 5.91 Å². The maximum Gasteiger partial charge on any atom is 0.272 e. The minimum absolute atomic E-state index is 0.0703. The molecule has 148 valence electrons. The van der Waals surface area contributed by atoms with Crippen molar-refractivity contribution in [1.82, 2.24) is 19.9 Å². The summed E-state index contributed by atoms with van der Waals surface area (Å²) in [6.45, 7) is 3.08. The van der Waals surface area contributed by atoms with Crippen molar-refractivity contribution in [3.05, 3.63) is 12.5 Å². The van der Waals surface area contributed by atoms with E-state index in [0.29, 0.717) is 28.8 Å². The molecule has 1 aliphatic rings. The van der Waals surface area contributed by atoms with Crippen LogP contribution in [-0.4, -0.2) is 71.4 Å². The number of aromatic amines is 1. The zero-order valence-corrected chi connectivity index (χ0v) is 15.5. The van der Waals surface area contributed by atoms with Crippen LogP contribution in [0, 0.1) is 5.92 Å². The van der Waals surface area contributed by atoms with Gasteiger partial charge in [-0.05, 0) is 18.8 Å². The van der Waals surface area contributed by atoms with E-state index in [0.717, 1.165) is 0 Å². The maximum atomic E-state index is 12.1. The average Bonchev–Trinajstić information content (AvgIpc) is 2.93. The van der Waals surface area contributed by atoms with Crippen molar-refractivity contribution in [3.8, 4) is 5.75 Å². The van der Waals surface area contributed by atoms with E-state index in [-0.39, 0.29) is 23.9 Å². The zero-order chi connectivity index (χ0) is 19.9. The highest BCUT2D eigenvalue weighted by Crippen LogP contribution is 2.39. The van der Waals surface area contributed by atoms with E-state index in [1.807, 2.05) is 6.92 Å². The number of carbonyl (C=O) groups excluding carboxylic acids is 1. The molecular weight excluding hydrogens is 354 g/mol. The van der Waals surface area contributed by atoms with Gasteiger partial charge in [-0.25, -0.2) is 9.97 Å². The van der Waals surface area contributed by atoms with E-state index in [1.54, 1.807) is 7.05 Å². The Kier molecular flexibility index (Phi) is 4.98. The zero-order valence-electron chi connectivity index (χ0n) is 15.5. The van der Waals surface area contributed by atoms with Crippen LogP contribution < -0.4 is 4.90 Å². The third-order valence-corrected chi connectivity index (χ3v) is 5.34. The third-order valence-electron chi connectivity index (χ3n) is 5.34. The summed E-state index contributed by atoms with van der Waals surface area (Å²) in [6, 6.07) is -0.990. The topological polar surface area (TPSA) is 146 Å². The molecule has 0 saturated carbocycles. The van der Waals surface area contributed by atoms with E-state index < -0.39 is 24.1 Å². The summed E-state index contributed by atoms with van der Waals surface area (Å²) >= 11 is 0. The molecular formula is C17H25N5O5. The van der Waals surface area contributed by atoms with Gasteiger partial charge in [-0.3, -0.25) is 9.69 Å². The second-order valence-electron chi connectivity index (χ2n) is 6.95. The molecule has 10 nitrogen and oxygen atoms in total. The number of H-pyrrole nitrogens is 1. The number of likely N-dealkylation sites (tertiary alicyclic amines) is 1. The van der Waals surface area contributed by atoms with Gasteiger partial charge in [-0.15, -0.1) is 0 Å². The van der Waals surface area contributed by atoms with Crippen molar-refractivity contribution in [1.29, 1.82) is 0 Å². The van der Waals surface area contributed by atoms with Crippen LogP contribution in [0.2, 0.25) is 0 Å². The Labute approximate surface area is 156 Å². The molecule has 3 unspecified atom stereocenters. The molecule has 5 N–H and O–H groups in total. The first-order valence-corrected chi connectivity index (χ1v) is 8.86. The predicted molar refractivity (Wildman–Crippen MR) is 96.5 cm³/mol. The van der Waals surface area contributed by atoms with Gasteiger partial charge >= 0.3 is 0 Å². The van der Waals surface area contributed by atoms with Gasteiger partial charge < -0.3 is 30.3 Å². The Morgan fingerprint density at radius 3 is 2.74 bits per heavy atom. The summed E-state index contributed by atoms with van der Waals surface area (Å²) in [5.74, 6) is -3.33. The molecule has 1 fully saturated rings. The monoisotopic (exact) mass is 379 g/mol. The van der Waals surface area contributed by atoms with Crippen LogP contribution in [0.1, 0.15) is 33.1 Å². The number of nitrogens with one attached hydrogen (secondary N) is 1. The number of rotatable bonds is 3. The van der Waals surface area contributed by atoms with Crippen LogP contribution in [0.4, 0.5) is 5.82 Å². The molecule has 1 amide bonds. The van der Waals surface area contributed by atoms with E-state index >= 15 is 0 Å². The number of nitrogens with zero attached hydrogens (tertiary/aromatic N) is 4. The number of anilines is 1. The van der Waals surface area contributed by atoms with Crippen LogP contribution in [0.5, 0.6) is 5.75 Å². The number of likely N-dealkylation sites (N-methyl/N-ethyl adjacent to an activating group) is 1. The Morgan fingerprint density at radius 1 is 1.41 bits per heavy atom. The molecule has 1 aliphatic heterocycles. The highest BCUT2D eigenvalue weighted by Gasteiger charge is 2.52. The normalized spacial score (nSPS) is 25.4. The summed E-state index contributed by atoms with van der Waals surface area (Å²) in [6.07, 6.45) is 2.65. The molecule has 0 radical (unpaired) electrons. The van der Waals surface area contributed by atoms with Gasteiger partial charge in [-0.2, -0.15) is 0 Å². The number of aliphatic hydroxyl groups excluding tert-OH is 1. The lowest BCUT2D eigenvalue weighted by atomic mass is 9.89.